The molecule has 0 saturated heterocycles. The molecule has 2 aromatic rings. The van der Waals surface area contributed by atoms with E-state index < -0.39 is 0 Å². The van der Waals surface area contributed by atoms with Crippen molar-refractivity contribution in [2.45, 2.75) is 32.9 Å². The summed E-state index contributed by atoms with van der Waals surface area (Å²) in [6.45, 7) is 4.36. The summed E-state index contributed by atoms with van der Waals surface area (Å²) in [5.41, 5.74) is 1.20. The van der Waals surface area contributed by atoms with Gasteiger partial charge in [-0.1, -0.05) is 6.92 Å². The van der Waals surface area contributed by atoms with Gasteiger partial charge in [0.1, 0.15) is 5.76 Å². The maximum atomic E-state index is 12.1. The number of hydrogen-bond acceptors (Lipinski definition) is 3. The van der Waals surface area contributed by atoms with Gasteiger partial charge in [0, 0.05) is 24.3 Å². The third kappa shape index (κ3) is 4.87. The lowest BCUT2D eigenvalue weighted by atomic mass is 10.1. The van der Waals surface area contributed by atoms with E-state index in [0.717, 1.165) is 6.42 Å². The first-order valence-electron chi connectivity index (χ1n) is 7.95. The largest absolute Gasteiger partial charge is 0.467 e. The second-order valence-corrected chi connectivity index (χ2v) is 5.73. The summed E-state index contributed by atoms with van der Waals surface area (Å²) in [4.78, 5) is 25.7. The van der Waals surface area contributed by atoms with Crippen molar-refractivity contribution in [2.75, 3.05) is 12.4 Å². The second kappa shape index (κ2) is 8.19. The maximum absolute atomic E-state index is 12.1. The minimum Gasteiger partial charge on any atom is -0.467 e. The number of anilines is 1. The van der Waals surface area contributed by atoms with Gasteiger partial charge in [0.05, 0.1) is 12.8 Å². The van der Waals surface area contributed by atoms with Crippen LogP contribution in [0.2, 0.25) is 0 Å². The molecule has 0 bridgehead atoms. The van der Waals surface area contributed by atoms with Crippen molar-refractivity contribution in [2.24, 2.45) is 0 Å². The molecule has 0 aliphatic rings. The van der Waals surface area contributed by atoms with Crippen LogP contribution in [0.15, 0.2) is 47.1 Å². The van der Waals surface area contributed by atoms with Gasteiger partial charge in [0.15, 0.2) is 0 Å². The van der Waals surface area contributed by atoms with Crippen LogP contribution in [-0.4, -0.2) is 29.9 Å². The third-order valence-corrected chi connectivity index (χ3v) is 3.71. The van der Waals surface area contributed by atoms with E-state index in [2.05, 4.69) is 10.6 Å². The van der Waals surface area contributed by atoms with Crippen LogP contribution in [0.1, 0.15) is 36.4 Å². The fourth-order valence-electron chi connectivity index (χ4n) is 2.04. The normalized spacial score (nSPS) is 11.6. The molecule has 2 N–H and O–H groups in total. The molecule has 6 nitrogen and oxygen atoms in total. The average molecular weight is 329 g/mol. The molecule has 128 valence electrons. The van der Waals surface area contributed by atoms with Gasteiger partial charge in [-0.15, -0.1) is 0 Å². The second-order valence-electron chi connectivity index (χ2n) is 5.73. The van der Waals surface area contributed by atoms with E-state index in [1.807, 2.05) is 19.9 Å². The van der Waals surface area contributed by atoms with Crippen molar-refractivity contribution < 1.29 is 14.0 Å². The van der Waals surface area contributed by atoms with Crippen molar-refractivity contribution >= 4 is 17.6 Å². The number of urea groups is 1. The van der Waals surface area contributed by atoms with Crippen LogP contribution in [0.4, 0.5) is 10.5 Å². The number of amides is 3. The summed E-state index contributed by atoms with van der Waals surface area (Å²) in [6, 6.07) is 10.3. The lowest BCUT2D eigenvalue weighted by molar-refractivity contribution is 0.0939. The number of benzene rings is 1. The van der Waals surface area contributed by atoms with E-state index in [-0.39, 0.29) is 18.0 Å². The van der Waals surface area contributed by atoms with E-state index in [0.29, 0.717) is 23.6 Å². The maximum Gasteiger partial charge on any atom is 0.321 e. The van der Waals surface area contributed by atoms with Gasteiger partial charge in [-0.2, -0.15) is 0 Å². The van der Waals surface area contributed by atoms with Crippen LogP contribution >= 0.6 is 0 Å². The summed E-state index contributed by atoms with van der Waals surface area (Å²) >= 11 is 0. The molecule has 0 spiro atoms. The first-order chi connectivity index (χ1) is 11.5. The molecule has 1 heterocycles. The Morgan fingerprint density at radius 3 is 2.50 bits per heavy atom. The van der Waals surface area contributed by atoms with E-state index >= 15 is 0 Å². The van der Waals surface area contributed by atoms with Crippen molar-refractivity contribution in [3.05, 3.63) is 54.0 Å². The highest BCUT2D eigenvalue weighted by Gasteiger charge is 2.12. The fourth-order valence-corrected chi connectivity index (χ4v) is 2.04. The van der Waals surface area contributed by atoms with Gasteiger partial charge in [-0.25, -0.2) is 4.79 Å². The first-order valence-corrected chi connectivity index (χ1v) is 7.95. The summed E-state index contributed by atoms with van der Waals surface area (Å²) in [7, 11) is 1.69. The van der Waals surface area contributed by atoms with Gasteiger partial charge in [0.2, 0.25) is 0 Å². The fraction of sp³-hybridized carbons (Fsp3) is 0.333. The molecule has 3 amide bonds. The van der Waals surface area contributed by atoms with Gasteiger partial charge in [-0.3, -0.25) is 4.79 Å². The summed E-state index contributed by atoms with van der Waals surface area (Å²) in [5, 5.41) is 5.69. The quantitative estimate of drug-likeness (QED) is 0.852. The molecule has 0 saturated carbocycles. The molecule has 1 unspecified atom stereocenters. The Morgan fingerprint density at radius 2 is 1.92 bits per heavy atom. The molecule has 2 rings (SSSR count). The number of nitrogens with zero attached hydrogens (tertiary/aromatic N) is 1. The third-order valence-electron chi connectivity index (χ3n) is 3.71. The number of hydrogen-bond donors (Lipinski definition) is 2. The molecule has 0 fully saturated rings. The van der Waals surface area contributed by atoms with Crippen LogP contribution in [0.5, 0.6) is 0 Å². The topological polar surface area (TPSA) is 74.6 Å². The van der Waals surface area contributed by atoms with Crippen LogP contribution in [-0.2, 0) is 6.54 Å². The van der Waals surface area contributed by atoms with Crippen molar-refractivity contribution in [3.63, 3.8) is 0 Å². The molecule has 1 atom stereocenters. The standard InChI is InChI=1S/C18H23N3O3/c1-4-13(2)19-17(22)14-7-9-15(10-8-14)20-18(23)21(3)12-16-6-5-11-24-16/h5-11,13H,4,12H2,1-3H3,(H,19,22)(H,20,23). The lowest BCUT2D eigenvalue weighted by Crippen LogP contribution is -2.32. The first kappa shape index (κ1) is 17.6. The molecular weight excluding hydrogens is 306 g/mol. The summed E-state index contributed by atoms with van der Waals surface area (Å²) < 4.78 is 5.22. The predicted molar refractivity (Wildman–Crippen MR) is 92.9 cm³/mol. The molecule has 0 aliphatic heterocycles. The predicted octanol–water partition coefficient (Wildman–Crippen LogP) is 3.47. The Kier molecular flexibility index (Phi) is 6.01. The van der Waals surface area contributed by atoms with Crippen LogP contribution in [0.25, 0.3) is 0 Å². The number of carbonyl (C=O) groups is 2. The van der Waals surface area contributed by atoms with Gasteiger partial charge in [0.25, 0.3) is 5.91 Å². The highest BCUT2D eigenvalue weighted by Crippen LogP contribution is 2.12. The molecular formula is C18H23N3O3. The van der Waals surface area contributed by atoms with E-state index in [1.54, 1.807) is 43.6 Å². The van der Waals surface area contributed by atoms with Crippen LogP contribution in [0, 0.1) is 0 Å². The van der Waals surface area contributed by atoms with Crippen LogP contribution < -0.4 is 10.6 Å². The number of rotatable bonds is 6. The van der Waals surface area contributed by atoms with Gasteiger partial charge in [-0.05, 0) is 49.7 Å². The van der Waals surface area contributed by atoms with Crippen molar-refractivity contribution in [3.8, 4) is 0 Å². The Morgan fingerprint density at radius 1 is 1.21 bits per heavy atom. The molecule has 0 aliphatic carbocycles. The zero-order chi connectivity index (χ0) is 17.5. The molecule has 1 aromatic carbocycles. The monoisotopic (exact) mass is 329 g/mol. The molecule has 0 radical (unpaired) electrons. The Balaban J connectivity index is 1.91. The van der Waals surface area contributed by atoms with Gasteiger partial charge >= 0.3 is 6.03 Å². The SMILES string of the molecule is CCC(C)NC(=O)c1ccc(NC(=O)N(C)Cc2ccco2)cc1. The van der Waals surface area contributed by atoms with Crippen molar-refractivity contribution in [1.29, 1.82) is 0 Å². The van der Waals surface area contributed by atoms with E-state index in [9.17, 15) is 9.59 Å². The summed E-state index contributed by atoms with van der Waals surface area (Å²) in [5.74, 6) is 0.599. The van der Waals surface area contributed by atoms with Crippen molar-refractivity contribution in [1.82, 2.24) is 10.2 Å². The van der Waals surface area contributed by atoms with E-state index in [1.165, 1.54) is 4.90 Å². The minimum atomic E-state index is -0.247. The molecule has 24 heavy (non-hydrogen) atoms. The number of carbonyl (C=O) groups excluding carboxylic acids is 2. The number of furan rings is 1. The average Bonchev–Trinajstić information content (AvgIpc) is 3.08. The Bertz CT molecular complexity index is 665. The Hall–Kier alpha value is -2.76. The summed E-state index contributed by atoms with van der Waals surface area (Å²) in [6.07, 6.45) is 2.45. The van der Waals surface area contributed by atoms with Gasteiger partial charge < -0.3 is 20.0 Å². The zero-order valence-electron chi connectivity index (χ0n) is 14.2. The molecule has 1 aromatic heterocycles. The minimum absolute atomic E-state index is 0.114. The highest BCUT2D eigenvalue weighted by molar-refractivity contribution is 5.95. The number of nitrogens with one attached hydrogen (secondary N) is 2. The Labute approximate surface area is 141 Å². The molecule has 6 heteroatoms. The highest BCUT2D eigenvalue weighted by atomic mass is 16.3. The van der Waals surface area contributed by atoms with E-state index in [4.69, 9.17) is 4.42 Å². The van der Waals surface area contributed by atoms with Crippen LogP contribution in [0.3, 0.4) is 0 Å². The zero-order valence-corrected chi connectivity index (χ0v) is 14.2. The smallest absolute Gasteiger partial charge is 0.321 e. The lowest BCUT2D eigenvalue weighted by Gasteiger charge is -2.17.